The second-order valence-electron chi connectivity index (χ2n) is 4.32. The monoisotopic (exact) mass is 415 g/mol. The van der Waals surface area contributed by atoms with Crippen molar-refractivity contribution >= 4 is 62.5 Å². The van der Waals surface area contributed by atoms with Crippen LogP contribution in [0.2, 0.25) is 10.0 Å². The van der Waals surface area contributed by atoms with E-state index in [1.54, 1.807) is 24.4 Å². The highest BCUT2D eigenvalue weighted by Gasteiger charge is 2.16. The van der Waals surface area contributed by atoms with Crippen LogP contribution in [0.25, 0.3) is 10.9 Å². The molecule has 3 rings (SSSR count). The second kappa shape index (κ2) is 5.39. The highest BCUT2D eigenvalue weighted by atomic mass is 127. The van der Waals surface area contributed by atoms with Gasteiger partial charge in [0.25, 0.3) is 0 Å². The molecule has 0 bridgehead atoms. The minimum Gasteiger partial charge on any atom is -0.359 e. The SMILES string of the molecule is O=C(c1ccc(I)c(Cl)c1)c1c[nH]c2c(Cl)cccc12. The number of carbonyl (C=O) groups is 1. The highest BCUT2D eigenvalue weighted by Crippen LogP contribution is 2.28. The lowest BCUT2D eigenvalue weighted by atomic mass is 10.0. The van der Waals surface area contributed by atoms with E-state index in [4.69, 9.17) is 23.2 Å². The minimum atomic E-state index is -0.0724. The molecule has 5 heteroatoms. The average molecular weight is 416 g/mol. The summed E-state index contributed by atoms with van der Waals surface area (Å²) in [6, 6.07) is 10.8. The maximum Gasteiger partial charge on any atom is 0.195 e. The first-order chi connectivity index (χ1) is 9.58. The van der Waals surface area contributed by atoms with Crippen molar-refractivity contribution in [2.45, 2.75) is 0 Å². The van der Waals surface area contributed by atoms with Crippen molar-refractivity contribution in [1.29, 1.82) is 0 Å². The van der Waals surface area contributed by atoms with E-state index in [2.05, 4.69) is 27.6 Å². The number of aromatic nitrogens is 1. The van der Waals surface area contributed by atoms with Crippen LogP contribution in [0.5, 0.6) is 0 Å². The molecule has 0 fully saturated rings. The van der Waals surface area contributed by atoms with Crippen molar-refractivity contribution in [3.05, 3.63) is 67.3 Å². The third kappa shape index (κ3) is 2.34. The number of halogens is 3. The van der Waals surface area contributed by atoms with E-state index >= 15 is 0 Å². The van der Waals surface area contributed by atoms with Gasteiger partial charge in [-0.2, -0.15) is 0 Å². The van der Waals surface area contributed by atoms with E-state index in [0.717, 1.165) is 14.5 Å². The molecular weight excluding hydrogens is 408 g/mol. The Bertz CT molecular complexity index is 826. The Kier molecular flexibility index (Phi) is 3.75. The van der Waals surface area contributed by atoms with E-state index in [1.807, 2.05) is 18.2 Å². The summed E-state index contributed by atoms with van der Waals surface area (Å²) in [5, 5.41) is 1.99. The number of fused-ring (bicyclic) bond motifs is 1. The maximum absolute atomic E-state index is 12.6. The summed E-state index contributed by atoms with van der Waals surface area (Å²) in [4.78, 5) is 15.6. The molecule has 0 unspecified atom stereocenters. The van der Waals surface area contributed by atoms with Crippen LogP contribution < -0.4 is 0 Å². The van der Waals surface area contributed by atoms with Crippen molar-refractivity contribution in [3.8, 4) is 0 Å². The molecule has 0 radical (unpaired) electrons. The Labute approximate surface area is 139 Å². The third-order valence-electron chi connectivity index (χ3n) is 3.09. The molecule has 0 aliphatic heterocycles. The fraction of sp³-hybridized carbons (Fsp3) is 0. The van der Waals surface area contributed by atoms with Crippen LogP contribution >= 0.6 is 45.8 Å². The first kappa shape index (κ1) is 13.9. The van der Waals surface area contributed by atoms with Crippen LogP contribution in [0.15, 0.2) is 42.6 Å². The highest BCUT2D eigenvalue weighted by molar-refractivity contribution is 14.1. The molecule has 2 aromatic carbocycles. The molecule has 0 amide bonds. The van der Waals surface area contributed by atoms with Crippen LogP contribution in [-0.2, 0) is 0 Å². The van der Waals surface area contributed by atoms with Gasteiger partial charge in [0.05, 0.1) is 15.6 Å². The Balaban J connectivity index is 2.13. The largest absolute Gasteiger partial charge is 0.359 e. The number of nitrogens with one attached hydrogen (secondary N) is 1. The number of hydrogen-bond donors (Lipinski definition) is 1. The lowest BCUT2D eigenvalue weighted by Gasteiger charge is -2.02. The van der Waals surface area contributed by atoms with Gasteiger partial charge in [-0.3, -0.25) is 4.79 Å². The summed E-state index contributed by atoms with van der Waals surface area (Å²) in [5.74, 6) is -0.0724. The number of hydrogen-bond acceptors (Lipinski definition) is 1. The van der Waals surface area contributed by atoms with E-state index < -0.39 is 0 Å². The predicted octanol–water partition coefficient (Wildman–Crippen LogP) is 5.31. The number of aromatic amines is 1. The molecule has 0 spiro atoms. The molecule has 0 aliphatic rings. The standard InChI is InChI=1S/C15H8Cl2INO/c16-11-3-1-2-9-10(7-19-14(9)11)15(20)8-4-5-13(18)12(17)6-8/h1-7,19H. The molecule has 0 saturated heterocycles. The average Bonchev–Trinajstić information content (AvgIpc) is 2.86. The maximum atomic E-state index is 12.6. The molecule has 0 saturated carbocycles. The van der Waals surface area contributed by atoms with E-state index in [1.165, 1.54) is 0 Å². The molecule has 100 valence electrons. The van der Waals surface area contributed by atoms with Gasteiger partial charge in [-0.15, -0.1) is 0 Å². The smallest absolute Gasteiger partial charge is 0.195 e. The lowest BCUT2D eigenvalue weighted by Crippen LogP contribution is -2.00. The third-order valence-corrected chi connectivity index (χ3v) is 4.98. The molecule has 1 N–H and O–H groups in total. The summed E-state index contributed by atoms with van der Waals surface area (Å²) in [5.41, 5.74) is 1.94. The van der Waals surface area contributed by atoms with Gasteiger partial charge in [-0.25, -0.2) is 0 Å². The van der Waals surface area contributed by atoms with Crippen molar-refractivity contribution in [3.63, 3.8) is 0 Å². The van der Waals surface area contributed by atoms with Gasteiger partial charge in [0.2, 0.25) is 0 Å². The van der Waals surface area contributed by atoms with E-state index in [0.29, 0.717) is 21.2 Å². The molecule has 0 aliphatic carbocycles. The molecule has 0 atom stereocenters. The Morgan fingerprint density at radius 1 is 1.10 bits per heavy atom. The van der Waals surface area contributed by atoms with Crippen molar-refractivity contribution in [1.82, 2.24) is 4.98 Å². The summed E-state index contributed by atoms with van der Waals surface area (Å²) in [6.45, 7) is 0. The number of rotatable bonds is 2. The second-order valence-corrected chi connectivity index (χ2v) is 6.30. The summed E-state index contributed by atoms with van der Waals surface area (Å²) in [7, 11) is 0. The van der Waals surface area contributed by atoms with E-state index in [-0.39, 0.29) is 5.78 Å². The fourth-order valence-electron chi connectivity index (χ4n) is 2.10. The van der Waals surface area contributed by atoms with Crippen molar-refractivity contribution in [2.75, 3.05) is 0 Å². The summed E-state index contributed by atoms with van der Waals surface area (Å²) < 4.78 is 0.919. The van der Waals surface area contributed by atoms with E-state index in [9.17, 15) is 4.79 Å². The number of carbonyl (C=O) groups excluding carboxylic acids is 1. The van der Waals surface area contributed by atoms with Crippen molar-refractivity contribution in [2.24, 2.45) is 0 Å². The van der Waals surface area contributed by atoms with Gasteiger partial charge in [0.15, 0.2) is 5.78 Å². The Morgan fingerprint density at radius 3 is 2.65 bits per heavy atom. The summed E-state index contributed by atoms with van der Waals surface area (Å²) in [6.07, 6.45) is 1.69. The normalized spacial score (nSPS) is 10.9. The number of benzene rings is 2. The van der Waals surface area contributed by atoms with Crippen molar-refractivity contribution < 1.29 is 4.79 Å². The van der Waals surface area contributed by atoms with Crippen LogP contribution in [0.1, 0.15) is 15.9 Å². The van der Waals surface area contributed by atoms with Gasteiger partial charge in [0, 0.05) is 26.3 Å². The Morgan fingerprint density at radius 2 is 1.90 bits per heavy atom. The van der Waals surface area contributed by atoms with Gasteiger partial charge >= 0.3 is 0 Å². The molecule has 20 heavy (non-hydrogen) atoms. The van der Waals surface area contributed by atoms with Crippen LogP contribution in [-0.4, -0.2) is 10.8 Å². The molecule has 2 nitrogen and oxygen atoms in total. The minimum absolute atomic E-state index is 0.0724. The zero-order valence-electron chi connectivity index (χ0n) is 10.1. The molecular formula is C15H8Cl2INO. The zero-order chi connectivity index (χ0) is 14.3. The predicted molar refractivity (Wildman–Crippen MR) is 90.9 cm³/mol. The lowest BCUT2D eigenvalue weighted by molar-refractivity contribution is 0.104. The first-order valence-electron chi connectivity index (χ1n) is 5.83. The molecule has 1 heterocycles. The number of ketones is 1. The van der Waals surface area contributed by atoms with Crippen LogP contribution in [0.4, 0.5) is 0 Å². The van der Waals surface area contributed by atoms with Gasteiger partial charge in [-0.1, -0.05) is 35.3 Å². The number of para-hydroxylation sites is 1. The molecule has 1 aromatic heterocycles. The Hall–Kier alpha value is -1.04. The van der Waals surface area contributed by atoms with Crippen LogP contribution in [0.3, 0.4) is 0 Å². The first-order valence-corrected chi connectivity index (χ1v) is 7.67. The van der Waals surface area contributed by atoms with Gasteiger partial charge in [0.1, 0.15) is 0 Å². The van der Waals surface area contributed by atoms with Crippen LogP contribution in [0, 0.1) is 3.57 Å². The topological polar surface area (TPSA) is 32.9 Å². The summed E-state index contributed by atoms with van der Waals surface area (Å²) >= 11 is 14.3. The van der Waals surface area contributed by atoms with Gasteiger partial charge in [-0.05, 0) is 46.9 Å². The zero-order valence-corrected chi connectivity index (χ0v) is 13.8. The number of H-pyrrole nitrogens is 1. The quantitative estimate of drug-likeness (QED) is 0.446. The van der Waals surface area contributed by atoms with Gasteiger partial charge < -0.3 is 4.98 Å². The molecule has 3 aromatic rings. The fourth-order valence-corrected chi connectivity index (χ4v) is 2.84.